The van der Waals surface area contributed by atoms with Crippen LogP contribution in [-0.4, -0.2) is 27.8 Å². The first kappa shape index (κ1) is 22.8. The van der Waals surface area contributed by atoms with Gasteiger partial charge in [-0.3, -0.25) is 4.79 Å². The molecular formula is C22H20Cl2FN3O3. The van der Waals surface area contributed by atoms with Crippen LogP contribution < -0.4 is 5.32 Å². The molecule has 1 unspecified atom stereocenters. The molecule has 6 nitrogen and oxygen atoms in total. The van der Waals surface area contributed by atoms with Gasteiger partial charge in [0.1, 0.15) is 16.5 Å². The van der Waals surface area contributed by atoms with Gasteiger partial charge in [-0.15, -0.1) is 0 Å². The standard InChI is InChI=1S/C22H20Cl2FN3O3/c1-12-4-6-15(7-5-12)11-28-20(24)19(13(2)27-28)22(30)31-14(3)21(29)26-18-9-8-16(25)10-17(18)23/h4-10,14H,11H2,1-3H3,(H,26,29). The number of halogens is 3. The first-order chi connectivity index (χ1) is 14.7. The minimum Gasteiger partial charge on any atom is -0.449 e. The van der Waals surface area contributed by atoms with E-state index in [1.165, 1.54) is 17.7 Å². The maximum Gasteiger partial charge on any atom is 0.343 e. The van der Waals surface area contributed by atoms with E-state index >= 15 is 0 Å². The Morgan fingerprint density at radius 1 is 1.16 bits per heavy atom. The Labute approximate surface area is 188 Å². The Hall–Kier alpha value is -2.90. The maximum atomic E-state index is 13.1. The second-order valence-corrected chi connectivity index (χ2v) is 7.82. The summed E-state index contributed by atoms with van der Waals surface area (Å²) in [6, 6.07) is 11.4. The molecule has 3 rings (SSSR count). The third-order valence-corrected chi connectivity index (χ3v) is 5.26. The van der Waals surface area contributed by atoms with Crippen LogP contribution in [-0.2, 0) is 16.1 Å². The molecular weight excluding hydrogens is 444 g/mol. The van der Waals surface area contributed by atoms with Crippen LogP contribution in [0.5, 0.6) is 0 Å². The lowest BCUT2D eigenvalue weighted by Gasteiger charge is -2.14. The molecule has 3 aromatic rings. The zero-order valence-corrected chi connectivity index (χ0v) is 18.6. The molecule has 1 atom stereocenters. The van der Waals surface area contributed by atoms with Crippen LogP contribution >= 0.6 is 23.2 Å². The van der Waals surface area contributed by atoms with Crippen molar-refractivity contribution in [1.82, 2.24) is 9.78 Å². The number of benzene rings is 2. The molecule has 0 fully saturated rings. The minimum atomic E-state index is -1.15. The number of carbonyl (C=O) groups excluding carboxylic acids is 2. The molecule has 0 aliphatic heterocycles. The molecule has 0 bridgehead atoms. The van der Waals surface area contributed by atoms with Gasteiger partial charge in [-0.05, 0) is 44.5 Å². The number of nitrogens with zero attached hydrogens (tertiary/aromatic N) is 2. The van der Waals surface area contributed by atoms with E-state index in [9.17, 15) is 14.0 Å². The average Bonchev–Trinajstić information content (AvgIpc) is 2.98. The fourth-order valence-electron chi connectivity index (χ4n) is 2.85. The first-order valence-electron chi connectivity index (χ1n) is 9.41. The summed E-state index contributed by atoms with van der Waals surface area (Å²) in [7, 11) is 0. The van der Waals surface area contributed by atoms with Crippen LogP contribution in [0, 0.1) is 19.7 Å². The normalized spacial score (nSPS) is 11.8. The summed E-state index contributed by atoms with van der Waals surface area (Å²) < 4.78 is 19.9. The molecule has 1 amide bonds. The Kier molecular flexibility index (Phi) is 6.97. The number of hydrogen-bond donors (Lipinski definition) is 1. The van der Waals surface area contributed by atoms with E-state index < -0.39 is 23.8 Å². The molecule has 9 heteroatoms. The number of rotatable bonds is 6. The summed E-state index contributed by atoms with van der Waals surface area (Å²) in [5, 5.41) is 6.97. The minimum absolute atomic E-state index is 0.0307. The number of aryl methyl sites for hydroxylation is 2. The fraction of sp³-hybridized carbons (Fsp3) is 0.227. The molecule has 0 aliphatic carbocycles. The SMILES string of the molecule is Cc1ccc(Cn2nc(C)c(C(=O)OC(C)C(=O)Nc3ccc(F)cc3Cl)c2Cl)cc1. The quantitative estimate of drug-likeness (QED) is 0.511. The van der Waals surface area contributed by atoms with Crippen LogP contribution in [0.3, 0.4) is 0 Å². The van der Waals surface area contributed by atoms with Crippen molar-refractivity contribution in [3.05, 3.63) is 80.8 Å². The van der Waals surface area contributed by atoms with Crippen LogP contribution in [0.25, 0.3) is 0 Å². The van der Waals surface area contributed by atoms with Crippen LogP contribution in [0.1, 0.15) is 34.1 Å². The lowest BCUT2D eigenvalue weighted by Crippen LogP contribution is -2.30. The van der Waals surface area contributed by atoms with Gasteiger partial charge in [0.2, 0.25) is 0 Å². The first-order valence-corrected chi connectivity index (χ1v) is 10.2. The van der Waals surface area contributed by atoms with Crippen molar-refractivity contribution in [2.24, 2.45) is 0 Å². The smallest absolute Gasteiger partial charge is 0.343 e. The number of aromatic nitrogens is 2. The molecule has 1 N–H and O–H groups in total. The van der Waals surface area contributed by atoms with Crippen LogP contribution in [0.4, 0.5) is 10.1 Å². The summed E-state index contributed by atoms with van der Waals surface area (Å²) in [6.07, 6.45) is -1.15. The van der Waals surface area contributed by atoms with Gasteiger partial charge in [-0.25, -0.2) is 13.9 Å². The van der Waals surface area contributed by atoms with Crippen molar-refractivity contribution >= 4 is 40.8 Å². The van der Waals surface area contributed by atoms with E-state index in [4.69, 9.17) is 27.9 Å². The number of amides is 1. The van der Waals surface area contributed by atoms with Gasteiger partial charge in [-0.1, -0.05) is 53.0 Å². The van der Waals surface area contributed by atoms with Gasteiger partial charge in [0.15, 0.2) is 6.10 Å². The number of esters is 1. The van der Waals surface area contributed by atoms with Crippen molar-refractivity contribution in [2.75, 3.05) is 5.32 Å². The van der Waals surface area contributed by atoms with Gasteiger partial charge in [0.25, 0.3) is 5.91 Å². The monoisotopic (exact) mass is 463 g/mol. The Morgan fingerprint density at radius 2 is 1.84 bits per heavy atom. The largest absolute Gasteiger partial charge is 0.449 e. The van der Waals surface area contributed by atoms with E-state index in [-0.39, 0.29) is 21.4 Å². The number of ether oxygens (including phenoxy) is 1. The summed E-state index contributed by atoms with van der Waals surface area (Å²) >= 11 is 12.3. The molecule has 1 heterocycles. The van der Waals surface area contributed by atoms with E-state index in [0.717, 1.165) is 23.3 Å². The Balaban J connectivity index is 1.70. The van der Waals surface area contributed by atoms with Crippen LogP contribution in [0.2, 0.25) is 10.2 Å². The number of nitrogens with one attached hydrogen (secondary N) is 1. The highest BCUT2D eigenvalue weighted by molar-refractivity contribution is 6.34. The van der Waals surface area contributed by atoms with E-state index in [0.29, 0.717) is 12.2 Å². The predicted octanol–water partition coefficient (Wildman–Crippen LogP) is 5.18. The molecule has 162 valence electrons. The summed E-state index contributed by atoms with van der Waals surface area (Å²) in [6.45, 7) is 5.42. The van der Waals surface area contributed by atoms with Crippen LogP contribution in [0.15, 0.2) is 42.5 Å². The van der Waals surface area contributed by atoms with E-state index in [1.54, 1.807) is 6.92 Å². The van der Waals surface area contributed by atoms with Crippen molar-refractivity contribution in [3.63, 3.8) is 0 Å². The number of hydrogen-bond acceptors (Lipinski definition) is 4. The molecule has 0 aliphatic rings. The second kappa shape index (κ2) is 9.49. The molecule has 2 aromatic carbocycles. The van der Waals surface area contributed by atoms with Crippen molar-refractivity contribution < 1.29 is 18.7 Å². The fourth-order valence-corrected chi connectivity index (χ4v) is 3.38. The Morgan fingerprint density at radius 3 is 2.48 bits per heavy atom. The van der Waals surface area contributed by atoms with Crippen molar-refractivity contribution in [3.8, 4) is 0 Å². The number of anilines is 1. The van der Waals surface area contributed by atoms with Gasteiger partial charge in [0, 0.05) is 0 Å². The molecule has 0 saturated heterocycles. The van der Waals surface area contributed by atoms with E-state index in [1.807, 2.05) is 31.2 Å². The zero-order valence-electron chi connectivity index (χ0n) is 17.1. The summed E-state index contributed by atoms with van der Waals surface area (Å²) in [5.74, 6) is -1.93. The lowest BCUT2D eigenvalue weighted by atomic mass is 10.1. The van der Waals surface area contributed by atoms with Gasteiger partial charge in [-0.2, -0.15) is 5.10 Å². The third-order valence-electron chi connectivity index (χ3n) is 4.56. The average molecular weight is 464 g/mol. The molecule has 0 saturated carbocycles. The molecule has 0 radical (unpaired) electrons. The van der Waals surface area contributed by atoms with E-state index in [2.05, 4.69) is 10.4 Å². The molecule has 0 spiro atoms. The second-order valence-electron chi connectivity index (χ2n) is 7.06. The zero-order chi connectivity index (χ0) is 22.7. The topological polar surface area (TPSA) is 73.2 Å². The van der Waals surface area contributed by atoms with Gasteiger partial charge >= 0.3 is 5.97 Å². The maximum absolute atomic E-state index is 13.1. The third kappa shape index (κ3) is 5.42. The molecule has 1 aromatic heterocycles. The summed E-state index contributed by atoms with van der Waals surface area (Å²) in [4.78, 5) is 25.0. The Bertz CT molecular complexity index is 1130. The molecule has 31 heavy (non-hydrogen) atoms. The highest BCUT2D eigenvalue weighted by Crippen LogP contribution is 2.24. The number of carbonyl (C=O) groups is 2. The van der Waals surface area contributed by atoms with Gasteiger partial charge < -0.3 is 10.1 Å². The predicted molar refractivity (Wildman–Crippen MR) is 117 cm³/mol. The summed E-state index contributed by atoms with van der Waals surface area (Å²) in [5.41, 5.74) is 2.78. The highest BCUT2D eigenvalue weighted by Gasteiger charge is 2.26. The van der Waals surface area contributed by atoms with Crippen molar-refractivity contribution in [1.29, 1.82) is 0 Å². The van der Waals surface area contributed by atoms with Crippen molar-refractivity contribution in [2.45, 2.75) is 33.4 Å². The lowest BCUT2D eigenvalue weighted by molar-refractivity contribution is -0.123. The van der Waals surface area contributed by atoms with Gasteiger partial charge in [0.05, 0.1) is 22.9 Å². The highest BCUT2D eigenvalue weighted by atomic mass is 35.5.